The van der Waals surface area contributed by atoms with Crippen molar-refractivity contribution in [2.45, 2.75) is 19.9 Å². The minimum atomic E-state index is -0.119. The van der Waals surface area contributed by atoms with Gasteiger partial charge in [-0.05, 0) is 12.7 Å². The van der Waals surface area contributed by atoms with Crippen LogP contribution in [-0.2, 0) is 0 Å². The highest BCUT2D eigenvalue weighted by Gasteiger charge is 2.07. The molecule has 1 rings (SSSR count). The number of nitrogens with one attached hydrogen (secondary N) is 1. The largest absolute Gasteiger partial charge is 0.334 e. The average molecular weight is 213 g/mol. The maximum Gasteiger partial charge on any atom is 0.327 e. The van der Waals surface area contributed by atoms with Crippen molar-refractivity contribution in [3.05, 3.63) is 18.7 Å². The number of thioether (sulfide) groups is 1. The molecule has 14 heavy (non-hydrogen) atoms. The smallest absolute Gasteiger partial charge is 0.327 e. The molecule has 0 saturated heterocycles. The first-order valence-electron chi connectivity index (χ1n) is 4.60. The summed E-state index contributed by atoms with van der Waals surface area (Å²) >= 11 is 1.82. The van der Waals surface area contributed by atoms with E-state index >= 15 is 0 Å². The molecule has 5 heteroatoms. The molecule has 78 valence electrons. The van der Waals surface area contributed by atoms with Gasteiger partial charge in [0.15, 0.2) is 0 Å². The van der Waals surface area contributed by atoms with Crippen LogP contribution in [0.2, 0.25) is 0 Å². The second kappa shape index (κ2) is 5.70. The van der Waals surface area contributed by atoms with E-state index in [4.69, 9.17) is 0 Å². The summed E-state index contributed by atoms with van der Waals surface area (Å²) in [5.41, 5.74) is 0. The summed E-state index contributed by atoms with van der Waals surface area (Å²) in [6, 6.07) is 0.0709. The topological polar surface area (TPSA) is 46.9 Å². The monoisotopic (exact) mass is 213 g/mol. The van der Waals surface area contributed by atoms with Gasteiger partial charge in [-0.15, -0.1) is 0 Å². The molecule has 1 unspecified atom stereocenters. The fraction of sp³-hybridized carbons (Fsp3) is 0.556. The van der Waals surface area contributed by atoms with Crippen LogP contribution in [0, 0.1) is 0 Å². The number of carbonyl (C=O) groups excluding carboxylic acids is 1. The minimum Gasteiger partial charge on any atom is -0.334 e. The van der Waals surface area contributed by atoms with Gasteiger partial charge in [-0.3, -0.25) is 4.57 Å². The highest BCUT2D eigenvalue weighted by molar-refractivity contribution is 7.99. The van der Waals surface area contributed by atoms with E-state index in [9.17, 15) is 4.79 Å². The van der Waals surface area contributed by atoms with E-state index in [1.54, 1.807) is 12.4 Å². The van der Waals surface area contributed by atoms with Crippen molar-refractivity contribution in [3.63, 3.8) is 0 Å². The van der Waals surface area contributed by atoms with Crippen LogP contribution in [0.1, 0.15) is 13.8 Å². The molecule has 0 aliphatic heterocycles. The standard InChI is InChI=1S/C9H15N3OS/c1-3-14-6-8(2)11-9(13)12-5-4-10-7-12/h4-5,7-8H,3,6H2,1-2H3,(H,11,13). The number of amides is 1. The first kappa shape index (κ1) is 11.1. The van der Waals surface area contributed by atoms with E-state index in [2.05, 4.69) is 17.2 Å². The second-order valence-corrected chi connectivity index (χ2v) is 4.30. The van der Waals surface area contributed by atoms with Gasteiger partial charge in [-0.2, -0.15) is 11.8 Å². The third-order valence-corrected chi connectivity index (χ3v) is 2.82. The van der Waals surface area contributed by atoms with Crippen molar-refractivity contribution in [2.24, 2.45) is 0 Å². The molecule has 0 aliphatic carbocycles. The summed E-state index contributed by atoms with van der Waals surface area (Å²) in [6.07, 6.45) is 4.72. The number of imidazole rings is 1. The Morgan fingerprint density at radius 3 is 3.07 bits per heavy atom. The van der Waals surface area contributed by atoms with E-state index in [0.717, 1.165) is 11.5 Å². The lowest BCUT2D eigenvalue weighted by Crippen LogP contribution is -2.36. The summed E-state index contributed by atoms with van der Waals surface area (Å²) in [6.45, 7) is 4.10. The van der Waals surface area contributed by atoms with E-state index in [1.165, 1.54) is 10.9 Å². The predicted octanol–water partition coefficient (Wildman–Crippen LogP) is 1.58. The van der Waals surface area contributed by atoms with Crippen molar-refractivity contribution in [2.75, 3.05) is 11.5 Å². The van der Waals surface area contributed by atoms with Crippen molar-refractivity contribution in [3.8, 4) is 0 Å². The molecule has 1 atom stereocenters. The zero-order valence-corrected chi connectivity index (χ0v) is 9.25. The van der Waals surface area contributed by atoms with Gasteiger partial charge in [0.25, 0.3) is 0 Å². The summed E-state index contributed by atoms with van der Waals surface area (Å²) in [4.78, 5) is 15.3. The van der Waals surface area contributed by atoms with Gasteiger partial charge in [-0.25, -0.2) is 9.78 Å². The maximum atomic E-state index is 11.5. The molecular weight excluding hydrogens is 198 g/mol. The molecule has 4 nitrogen and oxygen atoms in total. The molecule has 1 aromatic rings. The minimum absolute atomic E-state index is 0.119. The van der Waals surface area contributed by atoms with Crippen LogP contribution in [0.5, 0.6) is 0 Å². The maximum absolute atomic E-state index is 11.5. The number of hydrogen-bond donors (Lipinski definition) is 1. The van der Waals surface area contributed by atoms with E-state index < -0.39 is 0 Å². The molecule has 0 saturated carbocycles. The number of aromatic nitrogens is 2. The number of rotatable bonds is 4. The van der Waals surface area contributed by atoms with Crippen LogP contribution >= 0.6 is 11.8 Å². The SMILES string of the molecule is CCSCC(C)NC(=O)n1ccnc1. The van der Waals surface area contributed by atoms with Crippen LogP contribution in [0.4, 0.5) is 4.79 Å². The molecular formula is C9H15N3OS. The molecule has 0 aromatic carbocycles. The Kier molecular flexibility index (Phi) is 4.52. The van der Waals surface area contributed by atoms with Gasteiger partial charge >= 0.3 is 6.03 Å². The Hall–Kier alpha value is -0.970. The molecule has 0 fully saturated rings. The van der Waals surface area contributed by atoms with Gasteiger partial charge in [0.05, 0.1) is 0 Å². The number of hydrogen-bond acceptors (Lipinski definition) is 3. The summed E-state index contributed by atoms with van der Waals surface area (Å²) < 4.78 is 1.44. The Balaban J connectivity index is 2.34. The molecule has 1 aromatic heterocycles. The van der Waals surface area contributed by atoms with Gasteiger partial charge in [0, 0.05) is 24.2 Å². The highest BCUT2D eigenvalue weighted by atomic mass is 32.2. The first-order chi connectivity index (χ1) is 6.74. The van der Waals surface area contributed by atoms with Crippen LogP contribution in [-0.4, -0.2) is 33.1 Å². The van der Waals surface area contributed by atoms with Crippen molar-refractivity contribution in [1.82, 2.24) is 14.9 Å². The fourth-order valence-electron chi connectivity index (χ4n) is 1.00. The number of carbonyl (C=O) groups is 1. The predicted molar refractivity (Wildman–Crippen MR) is 58.6 cm³/mol. The summed E-state index contributed by atoms with van der Waals surface area (Å²) in [7, 11) is 0. The lowest BCUT2D eigenvalue weighted by atomic mass is 10.4. The van der Waals surface area contributed by atoms with Gasteiger partial charge < -0.3 is 5.32 Å². The van der Waals surface area contributed by atoms with Crippen LogP contribution in [0.3, 0.4) is 0 Å². The van der Waals surface area contributed by atoms with Gasteiger partial charge in [0.1, 0.15) is 6.33 Å². The Bertz CT molecular complexity index is 274. The van der Waals surface area contributed by atoms with Gasteiger partial charge in [-0.1, -0.05) is 6.92 Å². The van der Waals surface area contributed by atoms with Gasteiger partial charge in [0.2, 0.25) is 0 Å². The van der Waals surface area contributed by atoms with Crippen molar-refractivity contribution >= 4 is 17.8 Å². The summed E-state index contributed by atoms with van der Waals surface area (Å²) in [5, 5.41) is 2.88. The molecule has 1 heterocycles. The lowest BCUT2D eigenvalue weighted by Gasteiger charge is -2.12. The molecule has 0 bridgehead atoms. The van der Waals surface area contributed by atoms with E-state index in [1.807, 2.05) is 18.7 Å². The van der Waals surface area contributed by atoms with Crippen LogP contribution in [0.25, 0.3) is 0 Å². The highest BCUT2D eigenvalue weighted by Crippen LogP contribution is 2.01. The molecule has 0 radical (unpaired) electrons. The third kappa shape index (κ3) is 3.41. The fourth-order valence-corrected chi connectivity index (χ4v) is 1.67. The molecule has 0 spiro atoms. The molecule has 1 N–H and O–H groups in total. The Morgan fingerprint density at radius 1 is 1.71 bits per heavy atom. The Morgan fingerprint density at radius 2 is 2.50 bits per heavy atom. The number of nitrogens with zero attached hydrogens (tertiary/aromatic N) is 2. The summed E-state index contributed by atoms with van der Waals surface area (Å²) in [5.74, 6) is 2.02. The van der Waals surface area contributed by atoms with Crippen molar-refractivity contribution < 1.29 is 4.79 Å². The molecule has 1 amide bonds. The zero-order chi connectivity index (χ0) is 10.4. The average Bonchev–Trinajstić information content (AvgIpc) is 2.67. The molecule has 0 aliphatic rings. The van der Waals surface area contributed by atoms with Crippen LogP contribution < -0.4 is 5.32 Å². The lowest BCUT2D eigenvalue weighted by molar-refractivity contribution is 0.240. The Labute approximate surface area is 88.1 Å². The van der Waals surface area contributed by atoms with E-state index in [0.29, 0.717) is 0 Å². The second-order valence-electron chi connectivity index (χ2n) is 2.98. The normalized spacial score (nSPS) is 12.4. The zero-order valence-electron chi connectivity index (χ0n) is 8.43. The van der Waals surface area contributed by atoms with Crippen LogP contribution in [0.15, 0.2) is 18.7 Å². The first-order valence-corrected chi connectivity index (χ1v) is 5.76. The quantitative estimate of drug-likeness (QED) is 0.826. The third-order valence-electron chi connectivity index (χ3n) is 1.68. The van der Waals surface area contributed by atoms with E-state index in [-0.39, 0.29) is 12.1 Å². The van der Waals surface area contributed by atoms with Crippen molar-refractivity contribution in [1.29, 1.82) is 0 Å².